The van der Waals surface area contributed by atoms with E-state index in [1.807, 2.05) is 56.3 Å². The van der Waals surface area contributed by atoms with Crippen LogP contribution in [0.2, 0.25) is 0 Å². The summed E-state index contributed by atoms with van der Waals surface area (Å²) in [6.45, 7) is 4.39. The first-order valence-corrected chi connectivity index (χ1v) is 12.1. The van der Waals surface area contributed by atoms with E-state index in [-0.39, 0.29) is 23.5 Å². The second kappa shape index (κ2) is 12.6. The van der Waals surface area contributed by atoms with E-state index < -0.39 is 0 Å². The van der Waals surface area contributed by atoms with Crippen LogP contribution in [-0.4, -0.2) is 30.1 Å². The molecule has 0 aliphatic rings. The SMILES string of the molecule is CCCCOC(=O)c1ccc(NC(=O)CSc2ccc(NC(=O)c3cccc(C)c3)cc2)cc1. The van der Waals surface area contributed by atoms with Gasteiger partial charge in [-0.25, -0.2) is 4.79 Å². The molecule has 0 heterocycles. The van der Waals surface area contributed by atoms with Crippen LogP contribution < -0.4 is 10.6 Å². The third-order valence-corrected chi connectivity index (χ3v) is 5.91. The summed E-state index contributed by atoms with van der Waals surface area (Å²) in [4.78, 5) is 37.5. The van der Waals surface area contributed by atoms with Crippen molar-refractivity contribution >= 4 is 40.9 Å². The number of benzene rings is 3. The summed E-state index contributed by atoms with van der Waals surface area (Å²) >= 11 is 1.39. The Bertz CT molecular complexity index is 1130. The number of rotatable bonds is 10. The Morgan fingerprint density at radius 3 is 2.21 bits per heavy atom. The molecule has 0 atom stereocenters. The molecular formula is C27H28N2O4S. The normalized spacial score (nSPS) is 10.4. The van der Waals surface area contributed by atoms with Gasteiger partial charge in [0.2, 0.25) is 5.91 Å². The molecule has 176 valence electrons. The molecule has 3 rings (SSSR count). The number of anilines is 2. The molecule has 6 nitrogen and oxygen atoms in total. The van der Waals surface area contributed by atoms with E-state index in [1.165, 1.54) is 11.8 Å². The third kappa shape index (κ3) is 7.78. The standard InChI is InChI=1S/C27H28N2O4S/c1-3-4-16-33-27(32)20-8-10-22(11-9-20)28-25(30)18-34-24-14-12-23(13-15-24)29-26(31)21-7-5-6-19(2)17-21/h5-15,17H,3-4,16,18H2,1-2H3,(H,28,30)(H,29,31). The van der Waals surface area contributed by atoms with E-state index in [9.17, 15) is 14.4 Å². The average molecular weight is 477 g/mol. The van der Waals surface area contributed by atoms with Crippen molar-refractivity contribution < 1.29 is 19.1 Å². The molecule has 2 N–H and O–H groups in total. The summed E-state index contributed by atoms with van der Waals surface area (Å²) in [5, 5.41) is 5.70. The summed E-state index contributed by atoms with van der Waals surface area (Å²) in [5.41, 5.74) is 3.40. The van der Waals surface area contributed by atoms with Crippen molar-refractivity contribution in [2.45, 2.75) is 31.6 Å². The molecule has 3 aromatic rings. The molecule has 2 amide bonds. The topological polar surface area (TPSA) is 84.5 Å². The van der Waals surface area contributed by atoms with E-state index in [2.05, 4.69) is 10.6 Å². The quantitative estimate of drug-likeness (QED) is 0.215. The van der Waals surface area contributed by atoms with Gasteiger partial charge in [-0.15, -0.1) is 11.8 Å². The van der Waals surface area contributed by atoms with Gasteiger partial charge in [-0.3, -0.25) is 9.59 Å². The van der Waals surface area contributed by atoms with Gasteiger partial charge in [-0.05, 0) is 74.0 Å². The molecule has 7 heteroatoms. The lowest BCUT2D eigenvalue weighted by molar-refractivity contribution is -0.113. The van der Waals surface area contributed by atoms with Crippen LogP contribution in [0.15, 0.2) is 77.7 Å². The number of hydrogen-bond donors (Lipinski definition) is 2. The Hall–Kier alpha value is -3.58. The van der Waals surface area contributed by atoms with Gasteiger partial charge in [0, 0.05) is 21.8 Å². The van der Waals surface area contributed by atoms with Crippen molar-refractivity contribution in [3.05, 3.63) is 89.5 Å². The van der Waals surface area contributed by atoms with Crippen molar-refractivity contribution in [2.24, 2.45) is 0 Å². The van der Waals surface area contributed by atoms with Crippen molar-refractivity contribution in [2.75, 3.05) is 23.0 Å². The van der Waals surface area contributed by atoms with Gasteiger partial charge in [0.1, 0.15) is 0 Å². The molecule has 0 saturated heterocycles. The Balaban J connectivity index is 1.45. The maximum Gasteiger partial charge on any atom is 0.338 e. The van der Waals surface area contributed by atoms with Gasteiger partial charge in [0.05, 0.1) is 17.9 Å². The Morgan fingerprint density at radius 2 is 1.53 bits per heavy atom. The minimum Gasteiger partial charge on any atom is -0.462 e. The zero-order valence-corrected chi connectivity index (χ0v) is 20.1. The van der Waals surface area contributed by atoms with Crippen molar-refractivity contribution in [3.63, 3.8) is 0 Å². The molecule has 3 aromatic carbocycles. The number of carbonyl (C=O) groups excluding carboxylic acids is 3. The van der Waals surface area contributed by atoms with Crippen molar-refractivity contribution in [1.82, 2.24) is 0 Å². The van der Waals surface area contributed by atoms with Crippen LogP contribution in [0.3, 0.4) is 0 Å². The highest BCUT2D eigenvalue weighted by Gasteiger charge is 2.09. The number of carbonyl (C=O) groups is 3. The Morgan fingerprint density at radius 1 is 0.853 bits per heavy atom. The summed E-state index contributed by atoms with van der Waals surface area (Å²) in [6, 6.07) is 21.4. The number of hydrogen-bond acceptors (Lipinski definition) is 5. The van der Waals surface area contributed by atoms with Gasteiger partial charge < -0.3 is 15.4 Å². The highest BCUT2D eigenvalue weighted by atomic mass is 32.2. The first-order chi connectivity index (χ1) is 16.4. The zero-order valence-electron chi connectivity index (χ0n) is 19.3. The minimum absolute atomic E-state index is 0.153. The molecule has 0 radical (unpaired) electrons. The van der Waals surface area contributed by atoms with Gasteiger partial charge >= 0.3 is 5.97 Å². The number of aryl methyl sites for hydroxylation is 1. The zero-order chi connectivity index (χ0) is 24.3. The maximum atomic E-state index is 12.4. The lowest BCUT2D eigenvalue weighted by Crippen LogP contribution is -2.14. The summed E-state index contributed by atoms with van der Waals surface area (Å²) in [5.74, 6) is -0.445. The molecule has 34 heavy (non-hydrogen) atoms. The minimum atomic E-state index is -0.361. The largest absolute Gasteiger partial charge is 0.462 e. The van der Waals surface area contributed by atoms with Gasteiger partial charge in [-0.2, -0.15) is 0 Å². The van der Waals surface area contributed by atoms with E-state index in [4.69, 9.17) is 4.74 Å². The third-order valence-electron chi connectivity index (χ3n) is 4.90. The second-order valence-corrected chi connectivity index (χ2v) is 8.80. The van der Waals surface area contributed by atoms with Crippen LogP contribution in [0.25, 0.3) is 0 Å². The van der Waals surface area contributed by atoms with Crippen LogP contribution in [0.1, 0.15) is 46.0 Å². The smallest absolute Gasteiger partial charge is 0.338 e. The number of unbranched alkanes of at least 4 members (excludes halogenated alkanes) is 1. The molecule has 0 unspecified atom stereocenters. The first-order valence-electron chi connectivity index (χ1n) is 11.1. The Kier molecular flexibility index (Phi) is 9.29. The van der Waals surface area contributed by atoms with Crippen LogP contribution >= 0.6 is 11.8 Å². The number of nitrogens with one attached hydrogen (secondary N) is 2. The van der Waals surface area contributed by atoms with Crippen LogP contribution in [0.5, 0.6) is 0 Å². The van der Waals surface area contributed by atoms with Crippen molar-refractivity contribution in [3.8, 4) is 0 Å². The number of esters is 1. The molecule has 0 saturated carbocycles. The molecule has 0 spiro atoms. The fraction of sp³-hybridized carbons (Fsp3) is 0.222. The molecular weight excluding hydrogens is 448 g/mol. The fourth-order valence-electron chi connectivity index (χ4n) is 3.05. The van der Waals surface area contributed by atoms with E-state index in [0.717, 1.165) is 23.3 Å². The van der Waals surface area contributed by atoms with Crippen LogP contribution in [0, 0.1) is 6.92 Å². The van der Waals surface area contributed by atoms with Gasteiger partial charge in [0.15, 0.2) is 0 Å². The highest BCUT2D eigenvalue weighted by Crippen LogP contribution is 2.21. The Labute approximate surface area is 204 Å². The lowest BCUT2D eigenvalue weighted by atomic mass is 10.1. The summed E-state index contributed by atoms with van der Waals surface area (Å²) in [7, 11) is 0. The summed E-state index contributed by atoms with van der Waals surface area (Å²) < 4.78 is 5.18. The van der Waals surface area contributed by atoms with E-state index in [0.29, 0.717) is 29.1 Å². The van der Waals surface area contributed by atoms with Gasteiger partial charge in [-0.1, -0.05) is 31.0 Å². The molecule has 0 aliphatic heterocycles. The first kappa shape index (κ1) is 25.1. The average Bonchev–Trinajstić information content (AvgIpc) is 2.84. The fourth-order valence-corrected chi connectivity index (χ4v) is 3.75. The van der Waals surface area contributed by atoms with Crippen LogP contribution in [-0.2, 0) is 9.53 Å². The molecule has 0 aromatic heterocycles. The molecule has 0 aliphatic carbocycles. The number of ether oxygens (including phenoxy) is 1. The highest BCUT2D eigenvalue weighted by molar-refractivity contribution is 8.00. The van der Waals surface area contributed by atoms with Gasteiger partial charge in [0.25, 0.3) is 5.91 Å². The maximum absolute atomic E-state index is 12.4. The van der Waals surface area contributed by atoms with Crippen LogP contribution in [0.4, 0.5) is 11.4 Å². The monoisotopic (exact) mass is 476 g/mol. The summed E-state index contributed by atoms with van der Waals surface area (Å²) in [6.07, 6.45) is 1.80. The molecule has 0 bridgehead atoms. The number of amides is 2. The number of thioether (sulfide) groups is 1. The lowest BCUT2D eigenvalue weighted by Gasteiger charge is -2.08. The predicted octanol–water partition coefficient (Wildman–Crippen LogP) is 5.94. The molecule has 0 fully saturated rings. The van der Waals surface area contributed by atoms with E-state index in [1.54, 1.807) is 30.3 Å². The second-order valence-electron chi connectivity index (χ2n) is 7.75. The van der Waals surface area contributed by atoms with Crippen molar-refractivity contribution in [1.29, 1.82) is 0 Å². The predicted molar refractivity (Wildman–Crippen MR) is 137 cm³/mol. The van der Waals surface area contributed by atoms with E-state index >= 15 is 0 Å².